The minimum absolute atomic E-state index is 0.857. The van der Waals surface area contributed by atoms with Crippen LogP contribution in [-0.4, -0.2) is 24.1 Å². The summed E-state index contributed by atoms with van der Waals surface area (Å²) in [7, 11) is 0. The van der Waals surface area contributed by atoms with Crippen molar-refractivity contribution in [1.82, 2.24) is 24.1 Å². The third-order valence-electron chi connectivity index (χ3n) is 9.53. The van der Waals surface area contributed by atoms with Gasteiger partial charge >= 0.3 is 0 Å². The predicted molar refractivity (Wildman–Crippen MR) is 201 cm³/mol. The van der Waals surface area contributed by atoms with Crippen molar-refractivity contribution in [2.24, 2.45) is 0 Å². The zero-order chi connectivity index (χ0) is 32.3. The summed E-state index contributed by atoms with van der Waals surface area (Å²) in [6, 6.07) is 61.9. The van der Waals surface area contributed by atoms with E-state index in [4.69, 9.17) is 10.2 Å². The van der Waals surface area contributed by atoms with Crippen molar-refractivity contribution in [3.8, 4) is 39.6 Å². The summed E-state index contributed by atoms with van der Waals surface area (Å²) in [5.41, 5.74) is 11.6. The molecule has 0 saturated carbocycles. The van der Waals surface area contributed by atoms with Gasteiger partial charge in [0, 0.05) is 44.0 Å². The van der Waals surface area contributed by atoms with Crippen molar-refractivity contribution in [3.05, 3.63) is 176 Å². The lowest BCUT2D eigenvalue weighted by Gasteiger charge is -2.10. The molecule has 0 N–H and O–H groups in total. The number of aromatic nitrogens is 5. The van der Waals surface area contributed by atoms with Gasteiger partial charge in [0.1, 0.15) is 11.4 Å². The van der Waals surface area contributed by atoms with Crippen LogP contribution in [0.15, 0.2) is 176 Å². The smallest absolute Gasteiger partial charge is 0.121 e. The molecule has 10 aromatic rings. The third kappa shape index (κ3) is 4.33. The summed E-state index contributed by atoms with van der Waals surface area (Å²) in [4.78, 5) is 1.75. The highest BCUT2D eigenvalue weighted by Crippen LogP contribution is 2.39. The van der Waals surface area contributed by atoms with E-state index in [9.17, 15) is 0 Å². The summed E-state index contributed by atoms with van der Waals surface area (Å²) in [6.07, 6.45) is 0. The fraction of sp³-hybridized carbons (Fsp3) is 0. The number of hydrogen-bond acceptors (Lipinski definition) is 2. The minimum Gasteiger partial charge on any atom is -0.309 e. The number of fused-ring (bicyclic) bond motifs is 6. The maximum Gasteiger partial charge on any atom is 0.121 e. The molecule has 0 spiro atoms. The molecule has 0 aliphatic rings. The highest BCUT2D eigenvalue weighted by Gasteiger charge is 2.19. The van der Waals surface area contributed by atoms with Gasteiger partial charge in [-0.15, -0.1) is 10.2 Å². The van der Waals surface area contributed by atoms with Crippen LogP contribution in [-0.2, 0) is 0 Å². The Hall–Kier alpha value is -6.72. The van der Waals surface area contributed by atoms with Crippen molar-refractivity contribution >= 4 is 43.6 Å². The van der Waals surface area contributed by atoms with Crippen LogP contribution in [0.3, 0.4) is 0 Å². The number of hydrogen-bond donors (Lipinski definition) is 0. The van der Waals surface area contributed by atoms with Crippen LogP contribution in [0.2, 0.25) is 0 Å². The summed E-state index contributed by atoms with van der Waals surface area (Å²) < 4.78 is 4.76. The first-order valence-corrected chi connectivity index (χ1v) is 16.5. The molecule has 0 unspecified atom stereocenters. The normalized spacial score (nSPS) is 11.7. The van der Waals surface area contributed by atoms with Crippen LogP contribution in [0, 0.1) is 0 Å². The van der Waals surface area contributed by atoms with Crippen LogP contribution in [0.25, 0.3) is 83.2 Å². The fourth-order valence-electron chi connectivity index (χ4n) is 7.30. The molecular formula is C44H29N5. The lowest BCUT2D eigenvalue weighted by Crippen LogP contribution is -2.00. The summed E-state index contributed by atoms with van der Waals surface area (Å²) in [5, 5.41) is 15.0. The number of nitrogens with zero attached hydrogens (tertiary/aromatic N) is 5. The molecule has 0 aliphatic heterocycles. The van der Waals surface area contributed by atoms with E-state index in [1.807, 2.05) is 36.4 Å². The van der Waals surface area contributed by atoms with E-state index in [1.54, 1.807) is 4.80 Å². The molecule has 3 heterocycles. The van der Waals surface area contributed by atoms with Crippen LogP contribution < -0.4 is 0 Å². The molecule has 0 fully saturated rings. The van der Waals surface area contributed by atoms with Gasteiger partial charge in [-0.3, -0.25) is 0 Å². The number of rotatable bonds is 5. The van der Waals surface area contributed by atoms with Gasteiger partial charge in [0.2, 0.25) is 0 Å². The summed E-state index contributed by atoms with van der Waals surface area (Å²) in [6.45, 7) is 0. The van der Waals surface area contributed by atoms with Gasteiger partial charge in [0.15, 0.2) is 0 Å². The summed E-state index contributed by atoms with van der Waals surface area (Å²) in [5.74, 6) is 0. The van der Waals surface area contributed by atoms with E-state index in [1.165, 1.54) is 38.1 Å². The first-order valence-electron chi connectivity index (χ1n) is 16.5. The monoisotopic (exact) mass is 627 g/mol. The molecule has 3 aromatic heterocycles. The largest absolute Gasteiger partial charge is 0.309 e. The second kappa shape index (κ2) is 10.9. The highest BCUT2D eigenvalue weighted by atomic mass is 15.5. The Morgan fingerprint density at radius 2 is 0.714 bits per heavy atom. The molecule has 0 saturated heterocycles. The molecule has 0 radical (unpaired) electrons. The first-order chi connectivity index (χ1) is 24.3. The van der Waals surface area contributed by atoms with E-state index in [-0.39, 0.29) is 0 Å². The molecule has 10 rings (SSSR count). The van der Waals surface area contributed by atoms with Gasteiger partial charge in [-0.05, 0) is 60.7 Å². The maximum absolute atomic E-state index is 5.01. The quantitative estimate of drug-likeness (QED) is 0.190. The molecule has 0 bridgehead atoms. The van der Waals surface area contributed by atoms with E-state index in [0.29, 0.717) is 0 Å². The molecule has 7 aromatic carbocycles. The van der Waals surface area contributed by atoms with Gasteiger partial charge in [-0.1, -0.05) is 115 Å². The van der Waals surface area contributed by atoms with Gasteiger partial charge in [-0.2, -0.15) is 4.80 Å². The predicted octanol–water partition coefficient (Wildman–Crippen LogP) is 10.8. The van der Waals surface area contributed by atoms with E-state index in [0.717, 1.165) is 45.1 Å². The Balaban J connectivity index is 1.16. The minimum atomic E-state index is 0.857. The molecule has 0 amide bonds. The SMILES string of the molecule is c1ccc(-c2nn(-c3ccc(-n4c5ccccc5c5cc6c7ccccc7n(-c7ccccc7)c6cc54)cc3)nc2-c2ccccc2)cc1. The molecular weight excluding hydrogens is 599 g/mol. The van der Waals surface area contributed by atoms with Crippen molar-refractivity contribution in [2.75, 3.05) is 0 Å². The number of benzene rings is 7. The summed E-state index contributed by atoms with van der Waals surface area (Å²) >= 11 is 0. The van der Waals surface area contributed by atoms with Crippen LogP contribution in [0.5, 0.6) is 0 Å². The van der Waals surface area contributed by atoms with Gasteiger partial charge in [0.25, 0.3) is 0 Å². The van der Waals surface area contributed by atoms with Gasteiger partial charge in [-0.25, -0.2) is 0 Å². The molecule has 49 heavy (non-hydrogen) atoms. The average Bonchev–Trinajstić information content (AvgIpc) is 3.86. The average molecular weight is 628 g/mol. The zero-order valence-corrected chi connectivity index (χ0v) is 26.5. The van der Waals surface area contributed by atoms with Crippen LogP contribution in [0.1, 0.15) is 0 Å². The third-order valence-corrected chi connectivity index (χ3v) is 9.53. The van der Waals surface area contributed by atoms with Gasteiger partial charge in [0.05, 0.1) is 27.8 Å². The Morgan fingerprint density at radius 3 is 1.22 bits per heavy atom. The fourth-order valence-corrected chi connectivity index (χ4v) is 7.30. The van der Waals surface area contributed by atoms with E-state index >= 15 is 0 Å². The Kier molecular flexibility index (Phi) is 6.11. The molecule has 230 valence electrons. The zero-order valence-electron chi connectivity index (χ0n) is 26.5. The van der Waals surface area contributed by atoms with Crippen molar-refractivity contribution in [1.29, 1.82) is 0 Å². The molecule has 5 nitrogen and oxygen atoms in total. The van der Waals surface area contributed by atoms with E-state index < -0.39 is 0 Å². The van der Waals surface area contributed by atoms with Crippen LogP contribution >= 0.6 is 0 Å². The molecule has 5 heteroatoms. The van der Waals surface area contributed by atoms with Crippen molar-refractivity contribution in [3.63, 3.8) is 0 Å². The van der Waals surface area contributed by atoms with Crippen molar-refractivity contribution in [2.45, 2.75) is 0 Å². The molecule has 0 atom stereocenters. The topological polar surface area (TPSA) is 40.6 Å². The second-order valence-corrected chi connectivity index (χ2v) is 12.4. The Bertz CT molecular complexity index is 2730. The van der Waals surface area contributed by atoms with Crippen LogP contribution in [0.4, 0.5) is 0 Å². The number of para-hydroxylation sites is 3. The first kappa shape index (κ1) is 27.4. The maximum atomic E-state index is 5.01. The van der Waals surface area contributed by atoms with E-state index in [2.05, 4.69) is 149 Å². The lowest BCUT2D eigenvalue weighted by molar-refractivity contribution is 0.755. The Labute approximate surface area is 282 Å². The Morgan fingerprint density at radius 1 is 0.306 bits per heavy atom. The standard InChI is InChI=1S/C44H29N5/c1-4-14-30(15-5-1)43-44(31-16-6-2-7-17-31)46-49(45-43)34-26-24-33(25-27-34)48-40-23-13-11-21-36(40)38-28-37-35-20-10-12-22-39(35)47(41(37)29-42(38)48)32-18-8-3-9-19-32/h1-29H. The van der Waals surface area contributed by atoms with Crippen molar-refractivity contribution < 1.29 is 0 Å². The molecule has 0 aliphatic carbocycles. The second-order valence-electron chi connectivity index (χ2n) is 12.4. The highest BCUT2D eigenvalue weighted by molar-refractivity contribution is 6.19. The lowest BCUT2D eigenvalue weighted by atomic mass is 10.1. The van der Waals surface area contributed by atoms with Gasteiger partial charge < -0.3 is 9.13 Å².